The predicted octanol–water partition coefficient (Wildman–Crippen LogP) is 0.0514. The SMILES string of the molecule is Bc1ccc2occc(=O)c2c1. The summed E-state index contributed by atoms with van der Waals surface area (Å²) in [5.74, 6) is 0. The molecule has 2 rings (SSSR count). The third-order valence-corrected chi connectivity index (χ3v) is 1.81. The standard InChI is InChI=1S/C9H7BO2/c10-6-1-2-9-7(5-6)8(11)3-4-12-9/h1-5H,10H2. The van der Waals surface area contributed by atoms with Crippen molar-refractivity contribution in [3.63, 3.8) is 0 Å². The number of rotatable bonds is 0. The van der Waals surface area contributed by atoms with Crippen LogP contribution in [0.3, 0.4) is 0 Å². The van der Waals surface area contributed by atoms with Crippen LogP contribution in [0.2, 0.25) is 0 Å². The highest BCUT2D eigenvalue weighted by molar-refractivity contribution is 6.33. The maximum absolute atomic E-state index is 11.3. The predicted molar refractivity (Wildman–Crippen MR) is 50.7 cm³/mol. The van der Waals surface area contributed by atoms with E-state index in [1.807, 2.05) is 26.0 Å². The molecule has 3 heteroatoms. The quantitative estimate of drug-likeness (QED) is 0.507. The highest BCUT2D eigenvalue weighted by atomic mass is 16.3. The van der Waals surface area contributed by atoms with Crippen LogP contribution in [-0.4, -0.2) is 7.85 Å². The fourth-order valence-corrected chi connectivity index (χ4v) is 1.20. The summed E-state index contributed by atoms with van der Waals surface area (Å²) in [4.78, 5) is 11.3. The Balaban J connectivity index is 2.98. The molecule has 0 atom stereocenters. The van der Waals surface area contributed by atoms with Gasteiger partial charge in [-0.05, 0) is 6.07 Å². The van der Waals surface area contributed by atoms with Gasteiger partial charge in [0, 0.05) is 6.07 Å². The van der Waals surface area contributed by atoms with Crippen molar-refractivity contribution in [2.45, 2.75) is 0 Å². The van der Waals surface area contributed by atoms with Gasteiger partial charge in [-0.3, -0.25) is 4.79 Å². The van der Waals surface area contributed by atoms with Gasteiger partial charge in [-0.25, -0.2) is 0 Å². The molecular weight excluding hydrogens is 151 g/mol. The Bertz CT molecular complexity index is 473. The zero-order chi connectivity index (χ0) is 8.55. The van der Waals surface area contributed by atoms with Gasteiger partial charge in [0.15, 0.2) is 5.43 Å². The van der Waals surface area contributed by atoms with Gasteiger partial charge in [-0.2, -0.15) is 0 Å². The van der Waals surface area contributed by atoms with E-state index in [9.17, 15) is 4.79 Å². The van der Waals surface area contributed by atoms with Crippen LogP contribution in [-0.2, 0) is 0 Å². The van der Waals surface area contributed by atoms with Crippen molar-refractivity contribution in [2.75, 3.05) is 0 Å². The first-order chi connectivity index (χ1) is 5.77. The summed E-state index contributed by atoms with van der Waals surface area (Å²) in [6, 6.07) is 7.00. The summed E-state index contributed by atoms with van der Waals surface area (Å²) in [5.41, 5.74) is 1.73. The second kappa shape index (κ2) is 2.52. The number of hydrogen-bond acceptors (Lipinski definition) is 2. The van der Waals surface area contributed by atoms with E-state index in [2.05, 4.69) is 0 Å². The molecule has 12 heavy (non-hydrogen) atoms. The maximum Gasteiger partial charge on any atom is 0.192 e. The van der Waals surface area contributed by atoms with E-state index in [1.165, 1.54) is 12.3 Å². The van der Waals surface area contributed by atoms with Gasteiger partial charge in [0.1, 0.15) is 13.4 Å². The Kier molecular flexibility index (Phi) is 1.50. The lowest BCUT2D eigenvalue weighted by atomic mass is 9.95. The molecule has 0 N–H and O–H groups in total. The fraction of sp³-hybridized carbons (Fsp3) is 0. The first kappa shape index (κ1) is 7.16. The van der Waals surface area contributed by atoms with Crippen molar-refractivity contribution in [1.82, 2.24) is 0 Å². The second-order valence-electron chi connectivity index (χ2n) is 2.78. The molecule has 2 nitrogen and oxygen atoms in total. The molecule has 58 valence electrons. The molecule has 0 saturated carbocycles. The zero-order valence-corrected chi connectivity index (χ0v) is 6.70. The monoisotopic (exact) mass is 158 g/mol. The molecule has 0 spiro atoms. The largest absolute Gasteiger partial charge is 0.464 e. The Morgan fingerprint density at radius 1 is 1.25 bits per heavy atom. The van der Waals surface area contributed by atoms with Crippen molar-refractivity contribution in [1.29, 1.82) is 0 Å². The molecule has 0 saturated heterocycles. The molecule has 0 aliphatic carbocycles. The van der Waals surface area contributed by atoms with Gasteiger partial charge in [-0.1, -0.05) is 17.6 Å². The number of hydrogen-bond donors (Lipinski definition) is 0. The minimum absolute atomic E-state index is 0.0138. The van der Waals surface area contributed by atoms with Gasteiger partial charge < -0.3 is 4.42 Å². The Hall–Kier alpha value is -1.51. The van der Waals surface area contributed by atoms with Crippen molar-refractivity contribution >= 4 is 24.3 Å². The molecule has 0 aliphatic heterocycles. The van der Waals surface area contributed by atoms with Gasteiger partial charge in [0.2, 0.25) is 0 Å². The van der Waals surface area contributed by atoms with Crippen LogP contribution in [0.5, 0.6) is 0 Å². The molecule has 1 aromatic carbocycles. The van der Waals surface area contributed by atoms with Crippen LogP contribution >= 0.6 is 0 Å². The minimum atomic E-state index is 0.0138. The molecule has 0 aliphatic rings. The smallest absolute Gasteiger partial charge is 0.192 e. The average Bonchev–Trinajstić information content (AvgIpc) is 2.07. The van der Waals surface area contributed by atoms with Crippen molar-refractivity contribution in [2.24, 2.45) is 0 Å². The van der Waals surface area contributed by atoms with E-state index in [0.29, 0.717) is 11.0 Å². The lowest BCUT2D eigenvalue weighted by Gasteiger charge is -1.95. The van der Waals surface area contributed by atoms with E-state index >= 15 is 0 Å². The zero-order valence-electron chi connectivity index (χ0n) is 6.70. The van der Waals surface area contributed by atoms with Crippen LogP contribution in [0, 0.1) is 0 Å². The summed E-state index contributed by atoms with van der Waals surface area (Å²) in [7, 11) is 1.95. The van der Waals surface area contributed by atoms with E-state index in [0.717, 1.165) is 5.46 Å². The molecule has 0 amide bonds. The Morgan fingerprint density at radius 2 is 2.08 bits per heavy atom. The van der Waals surface area contributed by atoms with Gasteiger partial charge in [-0.15, -0.1) is 0 Å². The highest BCUT2D eigenvalue weighted by Gasteiger charge is 1.97. The molecule has 0 radical (unpaired) electrons. The fourth-order valence-electron chi connectivity index (χ4n) is 1.20. The normalized spacial score (nSPS) is 10.3. The second-order valence-corrected chi connectivity index (χ2v) is 2.78. The third-order valence-electron chi connectivity index (χ3n) is 1.81. The summed E-state index contributed by atoms with van der Waals surface area (Å²) in [5, 5.41) is 0.650. The van der Waals surface area contributed by atoms with E-state index < -0.39 is 0 Å². The number of benzene rings is 1. The molecule has 0 unspecified atom stereocenters. The van der Waals surface area contributed by atoms with Crippen LogP contribution < -0.4 is 10.9 Å². The van der Waals surface area contributed by atoms with Crippen LogP contribution in [0.4, 0.5) is 0 Å². The van der Waals surface area contributed by atoms with Gasteiger partial charge >= 0.3 is 0 Å². The number of fused-ring (bicyclic) bond motifs is 1. The van der Waals surface area contributed by atoms with Crippen LogP contribution in [0.15, 0.2) is 39.7 Å². The molecule has 1 heterocycles. The van der Waals surface area contributed by atoms with Crippen molar-refractivity contribution < 1.29 is 4.42 Å². The lowest BCUT2D eigenvalue weighted by molar-refractivity contribution is 0.602. The van der Waals surface area contributed by atoms with Gasteiger partial charge in [0.05, 0.1) is 11.6 Å². The Morgan fingerprint density at radius 3 is 2.92 bits per heavy atom. The van der Waals surface area contributed by atoms with Crippen molar-refractivity contribution in [3.05, 3.63) is 40.8 Å². The third kappa shape index (κ3) is 1.03. The van der Waals surface area contributed by atoms with E-state index in [4.69, 9.17) is 4.42 Å². The maximum atomic E-state index is 11.3. The first-order valence-corrected chi connectivity index (χ1v) is 3.75. The van der Waals surface area contributed by atoms with E-state index in [-0.39, 0.29) is 5.43 Å². The summed E-state index contributed by atoms with van der Waals surface area (Å²) >= 11 is 0. The van der Waals surface area contributed by atoms with Gasteiger partial charge in [0.25, 0.3) is 0 Å². The summed E-state index contributed by atoms with van der Waals surface area (Å²) < 4.78 is 5.15. The first-order valence-electron chi connectivity index (χ1n) is 3.75. The van der Waals surface area contributed by atoms with Crippen LogP contribution in [0.1, 0.15) is 0 Å². The molecular formula is C9H7BO2. The Labute approximate surface area is 70.2 Å². The molecule has 2 aromatic rings. The molecule has 1 aromatic heterocycles. The summed E-state index contributed by atoms with van der Waals surface area (Å²) in [6.45, 7) is 0. The topological polar surface area (TPSA) is 30.2 Å². The lowest BCUT2D eigenvalue weighted by Crippen LogP contribution is -2.05. The van der Waals surface area contributed by atoms with Crippen molar-refractivity contribution in [3.8, 4) is 0 Å². The van der Waals surface area contributed by atoms with E-state index in [1.54, 1.807) is 0 Å². The minimum Gasteiger partial charge on any atom is -0.464 e. The highest BCUT2D eigenvalue weighted by Crippen LogP contribution is 2.05. The molecule has 0 fully saturated rings. The van der Waals surface area contributed by atoms with Crippen LogP contribution in [0.25, 0.3) is 11.0 Å². The molecule has 0 bridgehead atoms. The summed E-state index contributed by atoms with van der Waals surface area (Å²) in [6.07, 6.45) is 1.42. The average molecular weight is 158 g/mol.